The van der Waals surface area contributed by atoms with Crippen molar-refractivity contribution in [3.63, 3.8) is 0 Å². The molecular formula is C21H106Cl2N15Si13+. The summed E-state index contributed by atoms with van der Waals surface area (Å²) < 4.78 is 34.1. The molecule has 2 heterocycles. The van der Waals surface area contributed by atoms with Crippen LogP contribution in [0.5, 0.6) is 0 Å². The van der Waals surface area contributed by atoms with Crippen molar-refractivity contribution in [1.82, 2.24) is 41.8 Å². The van der Waals surface area contributed by atoms with E-state index in [-0.39, 0.29) is 91.2 Å². The average Bonchev–Trinajstić information content (AvgIpc) is 2.70. The molecule has 0 aromatic rings. The molecule has 2 aliphatic heterocycles. The van der Waals surface area contributed by atoms with Crippen molar-refractivity contribution < 1.29 is 4.65 Å². The number of hydrogen-bond acceptors (Lipinski definition) is 14. The number of rotatable bonds is 8. The second kappa shape index (κ2) is 48.9. The topological polar surface area (TPSA) is 255 Å². The molecule has 30 heteroatoms. The van der Waals surface area contributed by atoms with Gasteiger partial charge in [-0.05, 0) is 72.0 Å². The van der Waals surface area contributed by atoms with Crippen LogP contribution in [0, 0.1) is 0 Å². The molecule has 0 radical (unpaired) electrons. The SMILES string of the molecule is C.C.C.C.C.C.C.C.C[SiH2]N[SiH](C)N[Si](C)(N)Cl.C[SiH2]N[SiH](C)N[Si](C)(N)N.C[SiH](N)N.C[SiH]1N[SiH](C)N[SiH](C)N1.C[SiH]1N[SiH](C)[NH2+][SiH](C)N1.Cl. The first-order valence-corrected chi connectivity index (χ1v) is 46.9. The molecule has 21 N–H and O–H groups in total. The van der Waals surface area contributed by atoms with Crippen LogP contribution in [0.25, 0.3) is 0 Å². The summed E-state index contributed by atoms with van der Waals surface area (Å²) in [6.07, 6.45) is 0. The van der Waals surface area contributed by atoms with E-state index < -0.39 is 98.3 Å². The molecule has 5 atom stereocenters. The molecule has 0 saturated carbocycles. The third-order valence-corrected chi connectivity index (χ3v) is 47.3. The Morgan fingerprint density at radius 2 is 0.824 bits per heavy atom. The van der Waals surface area contributed by atoms with Crippen LogP contribution in [0.15, 0.2) is 0 Å². The van der Waals surface area contributed by atoms with Gasteiger partial charge in [0.05, 0.1) is 19.4 Å². The zero-order valence-corrected chi connectivity index (χ0v) is 46.2. The highest BCUT2D eigenvalue weighted by Crippen LogP contribution is 1.92. The van der Waals surface area contributed by atoms with Crippen LogP contribution >= 0.6 is 23.5 Å². The Balaban J connectivity index is -0.0000000363. The van der Waals surface area contributed by atoms with E-state index in [1.165, 1.54) is 0 Å². The van der Waals surface area contributed by atoms with Crippen LogP contribution in [-0.2, 0) is 0 Å². The van der Waals surface area contributed by atoms with Gasteiger partial charge in [-0.25, -0.2) is 0 Å². The summed E-state index contributed by atoms with van der Waals surface area (Å²) in [4.78, 5) is 0. The number of nitrogens with two attached hydrogens (primary N) is 6. The largest absolute Gasteiger partial charge is 0.447 e. The van der Waals surface area contributed by atoms with Crippen LogP contribution in [0.2, 0.25) is 85.1 Å². The lowest BCUT2D eigenvalue weighted by atomic mass is 11.9. The van der Waals surface area contributed by atoms with Gasteiger partial charge in [-0.15, -0.1) is 23.5 Å². The predicted molar refractivity (Wildman–Crippen MR) is 287 cm³/mol. The van der Waals surface area contributed by atoms with Crippen molar-refractivity contribution in [1.29, 1.82) is 0 Å². The van der Waals surface area contributed by atoms with E-state index in [4.69, 9.17) is 38.1 Å². The molecule has 0 bridgehead atoms. The van der Waals surface area contributed by atoms with Crippen LogP contribution in [-0.4, -0.2) is 118 Å². The fourth-order valence-electron chi connectivity index (χ4n) is 4.25. The van der Waals surface area contributed by atoms with E-state index in [0.29, 0.717) is 0 Å². The van der Waals surface area contributed by atoms with Gasteiger partial charge in [-0.3, -0.25) is 0 Å². The maximum atomic E-state index is 5.88. The fourth-order valence-corrected chi connectivity index (χ4v) is 47.1. The highest BCUT2D eigenvalue weighted by atomic mass is 35.6. The minimum Gasteiger partial charge on any atom is -0.447 e. The van der Waals surface area contributed by atoms with Gasteiger partial charge >= 0.3 is 18.2 Å². The fraction of sp³-hybridized carbons (Fsp3) is 1.00. The number of nitrogens with one attached hydrogen (secondary N) is 9. The first-order valence-electron chi connectivity index (χ1n) is 15.2. The number of quaternary nitrogens is 1. The van der Waals surface area contributed by atoms with Crippen molar-refractivity contribution in [3.05, 3.63) is 0 Å². The van der Waals surface area contributed by atoms with Gasteiger partial charge in [0.25, 0.3) is 16.3 Å². The number of halogens is 2. The van der Waals surface area contributed by atoms with Gasteiger partial charge in [0, 0.05) is 0 Å². The lowest BCUT2D eigenvalue weighted by Gasteiger charge is -2.31. The third-order valence-electron chi connectivity index (χ3n) is 5.15. The lowest BCUT2D eigenvalue weighted by molar-refractivity contribution is -0.373. The molecule has 2 saturated heterocycles. The molecule has 0 aromatic carbocycles. The minimum absolute atomic E-state index is 0. The first kappa shape index (κ1) is 85.8. The summed E-state index contributed by atoms with van der Waals surface area (Å²) in [5, 5.41) is 27.1. The van der Waals surface area contributed by atoms with Crippen LogP contribution in [0.1, 0.15) is 59.4 Å². The maximum Gasteiger partial charge on any atom is 0.322 e. The van der Waals surface area contributed by atoms with Gasteiger partial charge < -0.3 is 73.5 Å². The van der Waals surface area contributed by atoms with Crippen LogP contribution in [0.4, 0.5) is 0 Å². The molecule has 15 nitrogen and oxygen atoms in total. The summed E-state index contributed by atoms with van der Waals surface area (Å²) in [7, 11) is -10.8. The summed E-state index contributed by atoms with van der Waals surface area (Å²) >= 11 is 5.88. The molecule has 330 valence electrons. The Hall–Kier alpha value is 2.80. The minimum atomic E-state index is -2.01. The molecule has 2 rings (SSSR count). The second-order valence-electron chi connectivity index (χ2n) is 11.6. The molecule has 0 spiro atoms. The van der Waals surface area contributed by atoms with E-state index in [1.807, 2.05) is 19.6 Å². The average molecular weight is 1010 g/mol. The molecule has 0 aliphatic carbocycles. The summed E-state index contributed by atoms with van der Waals surface area (Å²) in [6.45, 7) is 28.6. The first-order chi connectivity index (χ1) is 19.0. The van der Waals surface area contributed by atoms with Crippen molar-refractivity contribution in [2.45, 2.75) is 145 Å². The zero-order valence-electron chi connectivity index (χ0n) is 29.4. The van der Waals surface area contributed by atoms with E-state index in [0.717, 1.165) is 0 Å². The van der Waals surface area contributed by atoms with E-state index in [1.54, 1.807) is 0 Å². The van der Waals surface area contributed by atoms with Crippen LogP contribution in [0.3, 0.4) is 0 Å². The van der Waals surface area contributed by atoms with E-state index >= 15 is 0 Å². The molecule has 2 fully saturated rings. The Labute approximate surface area is 356 Å². The van der Waals surface area contributed by atoms with Gasteiger partial charge in [-0.1, -0.05) is 72.5 Å². The van der Waals surface area contributed by atoms with E-state index in [2.05, 4.69) is 112 Å². The monoisotopic (exact) mass is 1000 g/mol. The van der Waals surface area contributed by atoms with E-state index in [9.17, 15) is 0 Å². The summed E-state index contributed by atoms with van der Waals surface area (Å²) in [6, 6.07) is 0. The van der Waals surface area contributed by atoms with Gasteiger partial charge in [0.2, 0.25) is 0 Å². The number of hydrogen-bond donors (Lipinski definition) is 15. The highest BCUT2D eigenvalue weighted by molar-refractivity contribution is 7.19. The molecule has 0 amide bonds. The predicted octanol–water partition coefficient (Wildman–Crippen LogP) is -3.57. The quantitative estimate of drug-likeness (QED) is 0.0831. The lowest BCUT2D eigenvalue weighted by Crippen LogP contribution is -3.09. The van der Waals surface area contributed by atoms with Gasteiger partial charge in [0.15, 0.2) is 63.8 Å². The molecule has 5 unspecified atom stereocenters. The zero-order chi connectivity index (χ0) is 33.7. The van der Waals surface area contributed by atoms with Crippen molar-refractivity contribution >= 4 is 141 Å². The van der Waals surface area contributed by atoms with Gasteiger partial charge in [-0.2, -0.15) is 0 Å². The van der Waals surface area contributed by atoms with Crippen molar-refractivity contribution in [2.75, 3.05) is 0 Å². The Kier molecular flexibility index (Phi) is 82.4. The van der Waals surface area contributed by atoms with Crippen molar-refractivity contribution in [2.24, 2.45) is 27.0 Å². The molecule has 0 aromatic heterocycles. The maximum absolute atomic E-state index is 5.88. The smallest absolute Gasteiger partial charge is 0.322 e. The van der Waals surface area contributed by atoms with Gasteiger partial charge in [0.1, 0.15) is 0 Å². The molecular weight excluding hydrogens is 898 g/mol. The second-order valence-corrected chi connectivity index (χ2v) is 47.4. The Bertz CT molecular complexity index is 545. The highest BCUT2D eigenvalue weighted by Gasteiger charge is 2.26. The summed E-state index contributed by atoms with van der Waals surface area (Å²) in [5.41, 5.74) is 0. The molecule has 2 aliphatic rings. The Morgan fingerprint density at radius 3 is 1.02 bits per heavy atom. The third kappa shape index (κ3) is 74.4. The summed E-state index contributed by atoms with van der Waals surface area (Å²) in [5.74, 6) is 0. The van der Waals surface area contributed by atoms with Crippen LogP contribution < -0.4 is 73.5 Å². The standard InChI is InChI=1S/C3H16ClN3Si3.C3H18N4Si3.C3H16N3Si3.C3H15N3Si3.CH8N2Si.8CH4.ClH/c2*1-8-6-9(2)7-10(3,4)5;2*1-7-4-8(2)6-9(3)5-7;1-4(2)3;;;;;;;;;/h6-7,9H,5,8H2,1-3H3;6-7,9H,4-5,8H2,1-3H3;4-5,7-9H,6H2,1-3H3;4-9H,1-3H3;4H,2-3H2,1H3;8*1H4;1H/q;;+1;;;;;;;;;;;. The normalized spacial score (nSPS) is 24.0. The molecule has 51 heavy (non-hydrogen) atoms. The van der Waals surface area contributed by atoms with Crippen molar-refractivity contribution in [3.8, 4) is 0 Å². The Morgan fingerprint density at radius 1 is 0.588 bits per heavy atom.